The van der Waals surface area contributed by atoms with Gasteiger partial charge in [-0.2, -0.15) is 4.98 Å². The summed E-state index contributed by atoms with van der Waals surface area (Å²) in [6.45, 7) is 4.94. The van der Waals surface area contributed by atoms with Gasteiger partial charge in [0, 0.05) is 24.3 Å². The van der Waals surface area contributed by atoms with Gasteiger partial charge in [-0.1, -0.05) is 23.7 Å². The molecule has 134 valence electrons. The predicted octanol–water partition coefficient (Wildman–Crippen LogP) is 2.42. The second-order valence-electron chi connectivity index (χ2n) is 6.26. The number of hydrogen-bond acceptors (Lipinski definition) is 5. The molecular weight excluding hydrogens is 344 g/mol. The molecule has 0 saturated carbocycles. The van der Waals surface area contributed by atoms with Crippen molar-refractivity contribution in [1.29, 1.82) is 0 Å². The highest BCUT2D eigenvalue weighted by Crippen LogP contribution is 2.22. The van der Waals surface area contributed by atoms with Gasteiger partial charge in [-0.05, 0) is 43.9 Å². The van der Waals surface area contributed by atoms with Gasteiger partial charge in [0.2, 0.25) is 5.95 Å². The number of rotatable bonds is 4. The molecule has 1 aromatic heterocycles. The second-order valence-corrected chi connectivity index (χ2v) is 6.67. The summed E-state index contributed by atoms with van der Waals surface area (Å²) in [5.41, 5.74) is 0.953. The topological polar surface area (TPSA) is 89.0 Å². The molecule has 0 aliphatic carbocycles. The van der Waals surface area contributed by atoms with Crippen molar-refractivity contribution in [3.8, 4) is 0 Å². The molecule has 0 bridgehead atoms. The molecule has 0 spiro atoms. The number of ether oxygens (including phenoxy) is 1. The molecule has 1 aromatic carbocycles. The van der Waals surface area contributed by atoms with Gasteiger partial charge >= 0.3 is 11.4 Å². The SMILES string of the molecule is Cc1cc([C@H](C)Nc2nc(=O)n(C3CCOCC3)c(=O)[nH]2)ccc1Cl. The van der Waals surface area contributed by atoms with E-state index in [0.717, 1.165) is 11.1 Å². The number of benzene rings is 1. The second kappa shape index (κ2) is 7.41. The van der Waals surface area contributed by atoms with E-state index in [1.165, 1.54) is 4.57 Å². The fourth-order valence-corrected chi connectivity index (χ4v) is 3.10. The molecule has 1 fully saturated rings. The van der Waals surface area contributed by atoms with E-state index in [1.807, 2.05) is 32.0 Å². The first-order valence-electron chi connectivity index (χ1n) is 8.29. The molecule has 7 nitrogen and oxygen atoms in total. The smallest absolute Gasteiger partial charge is 0.355 e. The summed E-state index contributed by atoms with van der Waals surface area (Å²) >= 11 is 6.05. The summed E-state index contributed by atoms with van der Waals surface area (Å²) in [5.74, 6) is 0.165. The molecule has 1 aliphatic heterocycles. The lowest BCUT2D eigenvalue weighted by Crippen LogP contribution is -2.42. The van der Waals surface area contributed by atoms with Crippen LogP contribution in [0.4, 0.5) is 5.95 Å². The summed E-state index contributed by atoms with van der Waals surface area (Å²) in [5, 5.41) is 3.76. The number of halogens is 1. The third kappa shape index (κ3) is 3.93. The van der Waals surface area contributed by atoms with E-state index in [2.05, 4.69) is 15.3 Å². The van der Waals surface area contributed by atoms with Crippen LogP contribution < -0.4 is 16.7 Å². The highest BCUT2D eigenvalue weighted by atomic mass is 35.5. The maximum absolute atomic E-state index is 12.3. The first kappa shape index (κ1) is 17.7. The van der Waals surface area contributed by atoms with E-state index < -0.39 is 11.4 Å². The van der Waals surface area contributed by atoms with Gasteiger partial charge in [-0.25, -0.2) is 14.2 Å². The average molecular weight is 365 g/mol. The van der Waals surface area contributed by atoms with E-state index in [-0.39, 0.29) is 18.0 Å². The number of anilines is 1. The first-order chi connectivity index (χ1) is 12.0. The van der Waals surface area contributed by atoms with Crippen molar-refractivity contribution in [2.24, 2.45) is 0 Å². The van der Waals surface area contributed by atoms with Gasteiger partial charge in [0.25, 0.3) is 0 Å². The molecule has 2 N–H and O–H groups in total. The summed E-state index contributed by atoms with van der Waals surface area (Å²) in [6.07, 6.45) is 1.27. The van der Waals surface area contributed by atoms with Crippen LogP contribution in [0.3, 0.4) is 0 Å². The molecule has 25 heavy (non-hydrogen) atoms. The van der Waals surface area contributed by atoms with Gasteiger partial charge in [0.1, 0.15) is 0 Å². The molecule has 1 aliphatic rings. The maximum atomic E-state index is 12.3. The lowest BCUT2D eigenvalue weighted by Gasteiger charge is -2.23. The Balaban J connectivity index is 1.82. The Morgan fingerprint density at radius 1 is 1.36 bits per heavy atom. The Labute approximate surface area is 150 Å². The Morgan fingerprint density at radius 3 is 2.72 bits per heavy atom. The van der Waals surface area contributed by atoms with Crippen molar-refractivity contribution in [1.82, 2.24) is 14.5 Å². The van der Waals surface area contributed by atoms with E-state index in [9.17, 15) is 9.59 Å². The van der Waals surface area contributed by atoms with Gasteiger partial charge < -0.3 is 10.1 Å². The van der Waals surface area contributed by atoms with Crippen LogP contribution >= 0.6 is 11.6 Å². The summed E-state index contributed by atoms with van der Waals surface area (Å²) in [7, 11) is 0. The number of nitrogens with zero attached hydrogens (tertiary/aromatic N) is 2. The Kier molecular flexibility index (Phi) is 5.24. The first-order valence-corrected chi connectivity index (χ1v) is 8.66. The lowest BCUT2D eigenvalue weighted by atomic mass is 10.1. The normalized spacial score (nSPS) is 16.6. The average Bonchev–Trinajstić information content (AvgIpc) is 2.57. The zero-order chi connectivity index (χ0) is 18.0. The standard InChI is InChI=1S/C17H21ClN4O3/c1-10-9-12(3-4-14(10)18)11(2)19-15-20-16(23)22(17(24)21-15)13-5-7-25-8-6-13/h3-4,9,11,13H,5-8H2,1-2H3,(H2,19,20,21,23,24)/t11-/m0/s1. The monoisotopic (exact) mass is 364 g/mol. The molecular formula is C17H21ClN4O3. The largest absolute Gasteiger partial charge is 0.381 e. The van der Waals surface area contributed by atoms with Gasteiger partial charge in [0.05, 0.1) is 6.04 Å². The van der Waals surface area contributed by atoms with Crippen LogP contribution in [0.2, 0.25) is 5.02 Å². The fraction of sp³-hybridized carbons (Fsp3) is 0.471. The number of aromatic amines is 1. The van der Waals surface area contributed by atoms with Crippen molar-refractivity contribution in [3.63, 3.8) is 0 Å². The molecule has 1 atom stereocenters. The third-order valence-electron chi connectivity index (χ3n) is 4.45. The number of aryl methyl sites for hydroxylation is 1. The lowest BCUT2D eigenvalue weighted by molar-refractivity contribution is 0.0670. The van der Waals surface area contributed by atoms with Crippen molar-refractivity contribution >= 4 is 17.5 Å². The number of H-pyrrole nitrogens is 1. The Bertz CT molecular complexity index is 840. The maximum Gasteiger partial charge on any atom is 0.355 e. The van der Waals surface area contributed by atoms with E-state index in [4.69, 9.17) is 16.3 Å². The van der Waals surface area contributed by atoms with Crippen molar-refractivity contribution in [2.75, 3.05) is 18.5 Å². The van der Waals surface area contributed by atoms with Crippen LogP contribution in [0.25, 0.3) is 0 Å². The van der Waals surface area contributed by atoms with Crippen molar-refractivity contribution in [2.45, 2.75) is 38.8 Å². The number of hydrogen-bond donors (Lipinski definition) is 2. The van der Waals surface area contributed by atoms with Crippen LogP contribution in [0.15, 0.2) is 27.8 Å². The molecule has 2 heterocycles. The molecule has 0 unspecified atom stereocenters. The third-order valence-corrected chi connectivity index (χ3v) is 4.87. The zero-order valence-corrected chi connectivity index (χ0v) is 15.0. The minimum atomic E-state index is -0.544. The van der Waals surface area contributed by atoms with Gasteiger partial charge in [-0.15, -0.1) is 0 Å². The molecule has 8 heteroatoms. The molecule has 0 amide bonds. The van der Waals surface area contributed by atoms with Gasteiger partial charge in [-0.3, -0.25) is 4.98 Å². The summed E-state index contributed by atoms with van der Waals surface area (Å²) in [4.78, 5) is 31.3. The zero-order valence-electron chi connectivity index (χ0n) is 14.2. The molecule has 1 saturated heterocycles. The van der Waals surface area contributed by atoms with Crippen LogP contribution in [-0.4, -0.2) is 27.7 Å². The number of aromatic nitrogens is 3. The highest BCUT2D eigenvalue weighted by molar-refractivity contribution is 6.31. The van der Waals surface area contributed by atoms with E-state index in [1.54, 1.807) is 0 Å². The fourth-order valence-electron chi connectivity index (χ4n) is 2.99. The van der Waals surface area contributed by atoms with Gasteiger partial charge in [0.15, 0.2) is 0 Å². The van der Waals surface area contributed by atoms with E-state index in [0.29, 0.717) is 31.1 Å². The van der Waals surface area contributed by atoms with Crippen LogP contribution in [0.5, 0.6) is 0 Å². The van der Waals surface area contributed by atoms with Crippen molar-refractivity contribution in [3.05, 3.63) is 55.3 Å². The summed E-state index contributed by atoms with van der Waals surface area (Å²) < 4.78 is 6.46. The molecule has 0 radical (unpaired) electrons. The summed E-state index contributed by atoms with van der Waals surface area (Å²) in [6, 6.07) is 5.37. The van der Waals surface area contributed by atoms with Crippen LogP contribution in [0, 0.1) is 6.92 Å². The molecule has 3 rings (SSSR count). The number of nitrogens with one attached hydrogen (secondary N) is 2. The Morgan fingerprint density at radius 2 is 2.08 bits per heavy atom. The van der Waals surface area contributed by atoms with Crippen LogP contribution in [-0.2, 0) is 4.74 Å². The van der Waals surface area contributed by atoms with E-state index >= 15 is 0 Å². The quantitative estimate of drug-likeness (QED) is 0.869. The highest BCUT2D eigenvalue weighted by Gasteiger charge is 2.20. The molecule has 2 aromatic rings. The predicted molar refractivity (Wildman–Crippen MR) is 96.4 cm³/mol. The van der Waals surface area contributed by atoms with Crippen molar-refractivity contribution < 1.29 is 4.74 Å². The minimum Gasteiger partial charge on any atom is -0.381 e. The minimum absolute atomic E-state index is 0.141. The Hall–Kier alpha value is -2.12. The van der Waals surface area contributed by atoms with Crippen LogP contribution in [0.1, 0.15) is 43.0 Å².